The van der Waals surface area contributed by atoms with E-state index in [9.17, 15) is 20.0 Å². The van der Waals surface area contributed by atoms with Crippen LogP contribution in [0.1, 0.15) is 32.8 Å². The molecule has 0 aliphatic rings. The van der Waals surface area contributed by atoms with Crippen LogP contribution in [0.5, 0.6) is 5.88 Å². The number of hydrogen-bond acceptors (Lipinski definition) is 5. The largest absolute Gasteiger partial charge is 0.494 e. The molecule has 0 radical (unpaired) electrons. The smallest absolute Gasteiger partial charge is 0.271 e. The molecule has 3 rings (SSSR count). The zero-order valence-electron chi connectivity index (χ0n) is 13.7. The number of furan rings is 1. The van der Waals surface area contributed by atoms with E-state index in [0.717, 1.165) is 9.04 Å². The molecular formula is C19H13BrN2O4. The van der Waals surface area contributed by atoms with Gasteiger partial charge in [-0.2, -0.15) is 5.26 Å². The highest BCUT2D eigenvalue weighted by Gasteiger charge is 2.25. The normalized spacial score (nSPS) is 10.5. The number of aromatic nitrogens is 1. The van der Waals surface area contributed by atoms with Crippen molar-refractivity contribution in [2.75, 3.05) is 0 Å². The fraction of sp³-hybridized carbons (Fsp3) is 0.105. The van der Waals surface area contributed by atoms with Gasteiger partial charge in [0.2, 0.25) is 5.88 Å². The summed E-state index contributed by atoms with van der Waals surface area (Å²) >= 11 is 3.30. The van der Waals surface area contributed by atoms with E-state index in [2.05, 4.69) is 15.9 Å². The molecule has 0 aliphatic carbocycles. The summed E-state index contributed by atoms with van der Waals surface area (Å²) in [6.45, 7) is 1.39. The van der Waals surface area contributed by atoms with Crippen LogP contribution in [0.15, 0.2) is 56.3 Å². The molecule has 0 atom stereocenters. The summed E-state index contributed by atoms with van der Waals surface area (Å²) < 4.78 is 6.98. The minimum atomic E-state index is -0.675. The lowest BCUT2D eigenvalue weighted by atomic mass is 9.97. The summed E-state index contributed by atoms with van der Waals surface area (Å²) in [7, 11) is 0. The Balaban J connectivity index is 2.21. The molecule has 0 amide bonds. The van der Waals surface area contributed by atoms with Crippen molar-refractivity contribution in [2.24, 2.45) is 0 Å². The van der Waals surface area contributed by atoms with Gasteiger partial charge in [0.05, 0.1) is 18.4 Å². The number of hydrogen-bond donors (Lipinski definition) is 1. The second-order valence-corrected chi connectivity index (χ2v) is 6.53. The number of pyridine rings is 1. The molecule has 3 aromatic rings. The molecule has 0 spiro atoms. The van der Waals surface area contributed by atoms with Gasteiger partial charge in [-0.15, -0.1) is 0 Å². The Morgan fingerprint density at radius 3 is 2.58 bits per heavy atom. The van der Waals surface area contributed by atoms with Crippen molar-refractivity contribution in [1.82, 2.24) is 4.57 Å². The van der Waals surface area contributed by atoms with Gasteiger partial charge >= 0.3 is 0 Å². The van der Waals surface area contributed by atoms with Gasteiger partial charge in [0.15, 0.2) is 5.78 Å². The summed E-state index contributed by atoms with van der Waals surface area (Å²) in [6, 6.07) is 11.7. The number of nitrogens with zero attached hydrogens (tertiary/aromatic N) is 2. The van der Waals surface area contributed by atoms with Crippen molar-refractivity contribution in [3.05, 3.63) is 85.5 Å². The maximum absolute atomic E-state index is 12.9. The first kappa shape index (κ1) is 17.7. The van der Waals surface area contributed by atoms with Crippen LogP contribution in [0.3, 0.4) is 0 Å². The molecule has 0 aliphatic heterocycles. The van der Waals surface area contributed by atoms with E-state index < -0.39 is 17.2 Å². The minimum absolute atomic E-state index is 0.0740. The Hall–Kier alpha value is -3.11. The molecule has 2 heterocycles. The van der Waals surface area contributed by atoms with Gasteiger partial charge < -0.3 is 9.52 Å². The lowest BCUT2D eigenvalue weighted by molar-refractivity contribution is 0.103. The second kappa shape index (κ2) is 7.02. The highest BCUT2D eigenvalue weighted by Crippen LogP contribution is 2.26. The highest BCUT2D eigenvalue weighted by molar-refractivity contribution is 9.10. The minimum Gasteiger partial charge on any atom is -0.494 e. The van der Waals surface area contributed by atoms with Crippen LogP contribution in [-0.4, -0.2) is 15.5 Å². The number of benzene rings is 1. The first-order valence-corrected chi connectivity index (χ1v) is 8.42. The number of carbonyl (C=O) groups excluding carboxylic acids is 1. The number of halogens is 1. The van der Waals surface area contributed by atoms with Crippen molar-refractivity contribution >= 4 is 21.7 Å². The van der Waals surface area contributed by atoms with Gasteiger partial charge in [-0.1, -0.05) is 15.9 Å². The molecule has 26 heavy (non-hydrogen) atoms. The van der Waals surface area contributed by atoms with Crippen molar-refractivity contribution < 1.29 is 14.3 Å². The predicted octanol–water partition coefficient (Wildman–Crippen LogP) is 3.37. The molecule has 1 aromatic carbocycles. The van der Waals surface area contributed by atoms with Gasteiger partial charge in [-0.3, -0.25) is 14.2 Å². The first-order chi connectivity index (χ1) is 12.4. The predicted molar refractivity (Wildman–Crippen MR) is 97.2 cm³/mol. The maximum Gasteiger partial charge on any atom is 0.271 e. The van der Waals surface area contributed by atoms with E-state index in [-0.39, 0.29) is 23.2 Å². The van der Waals surface area contributed by atoms with Crippen molar-refractivity contribution in [1.29, 1.82) is 5.26 Å². The zero-order chi connectivity index (χ0) is 18.8. The van der Waals surface area contributed by atoms with Crippen molar-refractivity contribution in [3.8, 4) is 11.9 Å². The Bertz CT molecular complexity index is 1070. The number of rotatable bonds is 4. The van der Waals surface area contributed by atoms with Crippen LogP contribution in [0.2, 0.25) is 0 Å². The molecular weight excluding hydrogens is 400 g/mol. The molecule has 2 aromatic heterocycles. The van der Waals surface area contributed by atoms with Gasteiger partial charge in [0.1, 0.15) is 17.4 Å². The summed E-state index contributed by atoms with van der Waals surface area (Å²) in [5.41, 5.74) is -0.451. The summed E-state index contributed by atoms with van der Waals surface area (Å²) in [6.07, 6.45) is 1.44. The van der Waals surface area contributed by atoms with Gasteiger partial charge in [-0.05, 0) is 48.9 Å². The van der Waals surface area contributed by atoms with Crippen LogP contribution < -0.4 is 5.56 Å². The lowest BCUT2D eigenvalue weighted by Crippen LogP contribution is -2.27. The van der Waals surface area contributed by atoms with E-state index >= 15 is 0 Å². The summed E-state index contributed by atoms with van der Waals surface area (Å²) in [4.78, 5) is 25.5. The second-order valence-electron chi connectivity index (χ2n) is 5.62. The molecule has 130 valence electrons. The third-order valence-electron chi connectivity index (χ3n) is 4.03. The zero-order valence-corrected chi connectivity index (χ0v) is 15.3. The molecule has 0 fully saturated rings. The first-order valence-electron chi connectivity index (χ1n) is 7.63. The van der Waals surface area contributed by atoms with Crippen molar-refractivity contribution in [3.63, 3.8) is 0 Å². The fourth-order valence-electron chi connectivity index (χ4n) is 2.67. The summed E-state index contributed by atoms with van der Waals surface area (Å²) in [5, 5.41) is 20.0. The van der Waals surface area contributed by atoms with Gasteiger partial charge in [0, 0.05) is 10.0 Å². The molecule has 0 unspecified atom stereocenters. The van der Waals surface area contributed by atoms with Crippen LogP contribution in [0.4, 0.5) is 0 Å². The number of carbonyl (C=O) groups is 1. The molecule has 1 N–H and O–H groups in total. The van der Waals surface area contributed by atoms with Crippen LogP contribution in [0.25, 0.3) is 0 Å². The molecule has 0 saturated heterocycles. The Morgan fingerprint density at radius 1 is 1.31 bits per heavy atom. The highest BCUT2D eigenvalue weighted by atomic mass is 79.9. The van der Waals surface area contributed by atoms with Gasteiger partial charge in [-0.25, -0.2) is 0 Å². The number of aromatic hydroxyl groups is 1. The topological polar surface area (TPSA) is 96.2 Å². The Labute approximate surface area is 157 Å². The Kier molecular flexibility index (Phi) is 4.78. The average Bonchev–Trinajstić information content (AvgIpc) is 3.13. The molecule has 6 nitrogen and oxygen atoms in total. The van der Waals surface area contributed by atoms with Crippen molar-refractivity contribution in [2.45, 2.75) is 13.5 Å². The van der Waals surface area contributed by atoms with Crippen LogP contribution >= 0.6 is 15.9 Å². The SMILES string of the molecule is Cc1c(C(=O)c2ccc(Br)cc2)c(O)n(Cc2ccco2)c(=O)c1C#N. The Morgan fingerprint density at radius 2 is 2.00 bits per heavy atom. The molecule has 0 bridgehead atoms. The van der Waals surface area contributed by atoms with E-state index in [1.165, 1.54) is 13.2 Å². The fourth-order valence-corrected chi connectivity index (χ4v) is 2.94. The van der Waals surface area contributed by atoms with Gasteiger partial charge in [0.25, 0.3) is 5.56 Å². The molecule has 7 heteroatoms. The van der Waals surface area contributed by atoms with E-state index in [1.54, 1.807) is 36.4 Å². The summed E-state index contributed by atoms with van der Waals surface area (Å²) in [5.74, 6) is -0.551. The quantitative estimate of drug-likeness (QED) is 0.662. The lowest BCUT2D eigenvalue weighted by Gasteiger charge is -2.15. The number of nitriles is 1. The monoisotopic (exact) mass is 412 g/mol. The average molecular weight is 413 g/mol. The van der Waals surface area contributed by atoms with E-state index in [1.807, 2.05) is 6.07 Å². The van der Waals surface area contributed by atoms with E-state index in [0.29, 0.717) is 11.3 Å². The molecule has 0 saturated carbocycles. The van der Waals surface area contributed by atoms with Crippen LogP contribution in [0, 0.1) is 18.3 Å². The third kappa shape index (κ3) is 3.07. The van der Waals surface area contributed by atoms with Crippen LogP contribution in [-0.2, 0) is 6.54 Å². The van der Waals surface area contributed by atoms with E-state index in [4.69, 9.17) is 4.42 Å². The maximum atomic E-state index is 12.9. The standard InChI is InChI=1S/C19H13BrN2O4/c1-11-15(9-21)18(24)22(10-14-3-2-8-26-14)19(25)16(11)17(23)12-4-6-13(20)7-5-12/h2-8,25H,10H2,1H3. The number of ketones is 1. The third-order valence-corrected chi connectivity index (χ3v) is 4.56.